The van der Waals surface area contributed by atoms with E-state index in [2.05, 4.69) is 15.9 Å². The first-order chi connectivity index (χ1) is 7.64. The lowest BCUT2D eigenvalue weighted by Crippen LogP contribution is -2.21. The number of hydrogen-bond acceptors (Lipinski definition) is 2. The van der Waals surface area contributed by atoms with Crippen molar-refractivity contribution in [2.75, 3.05) is 6.26 Å². The van der Waals surface area contributed by atoms with Gasteiger partial charge >= 0.3 is 0 Å². The van der Waals surface area contributed by atoms with E-state index in [0.717, 1.165) is 6.26 Å². The second-order valence-electron chi connectivity index (χ2n) is 3.72. The highest BCUT2D eigenvalue weighted by Gasteiger charge is 2.28. The number of sulfone groups is 1. The van der Waals surface area contributed by atoms with E-state index in [1.165, 1.54) is 19.1 Å². The van der Waals surface area contributed by atoms with Crippen molar-refractivity contribution in [1.82, 2.24) is 0 Å². The van der Waals surface area contributed by atoms with E-state index in [1.807, 2.05) is 0 Å². The summed E-state index contributed by atoms with van der Waals surface area (Å²) in [5.74, 6) is -0.586. The van der Waals surface area contributed by atoms with Crippen LogP contribution < -0.4 is 0 Å². The molecule has 2 atom stereocenters. The van der Waals surface area contributed by atoms with Gasteiger partial charge in [-0.05, 0) is 35.0 Å². The molecule has 0 heterocycles. The molecule has 0 radical (unpaired) electrons. The molecule has 2 unspecified atom stereocenters. The van der Waals surface area contributed by atoms with Crippen molar-refractivity contribution in [3.05, 3.63) is 33.0 Å². The fraction of sp³-hybridized carbons (Fsp3) is 0.400. The van der Waals surface area contributed by atoms with Crippen LogP contribution in [-0.2, 0) is 9.84 Å². The molecular weight excluding hydrogens is 354 g/mol. The maximum Gasteiger partial charge on any atom is 0.151 e. The van der Waals surface area contributed by atoms with Crippen molar-refractivity contribution in [1.29, 1.82) is 0 Å². The van der Waals surface area contributed by atoms with Crippen LogP contribution in [0.2, 0.25) is 5.02 Å². The second kappa shape index (κ2) is 5.43. The molecule has 0 amide bonds. The van der Waals surface area contributed by atoms with Gasteiger partial charge in [-0.1, -0.05) is 11.6 Å². The summed E-state index contributed by atoms with van der Waals surface area (Å²) in [4.78, 5) is 0. The van der Waals surface area contributed by atoms with Gasteiger partial charge < -0.3 is 0 Å². The summed E-state index contributed by atoms with van der Waals surface area (Å²) in [6, 6.07) is 2.50. The van der Waals surface area contributed by atoms with E-state index in [0.29, 0.717) is 4.47 Å². The summed E-state index contributed by atoms with van der Waals surface area (Å²) >= 11 is 14.9. The average molecular weight is 364 g/mol. The van der Waals surface area contributed by atoms with Crippen LogP contribution in [-0.4, -0.2) is 19.9 Å². The van der Waals surface area contributed by atoms with Crippen LogP contribution in [0.4, 0.5) is 4.39 Å². The van der Waals surface area contributed by atoms with Gasteiger partial charge in [0.05, 0.1) is 15.6 Å². The fourth-order valence-corrected chi connectivity index (χ4v) is 3.02. The topological polar surface area (TPSA) is 34.1 Å². The van der Waals surface area contributed by atoms with Crippen LogP contribution in [0.25, 0.3) is 0 Å². The maximum atomic E-state index is 13.7. The SMILES string of the molecule is CC(C(Cl)c1cc(Cl)c(Br)cc1F)S(C)(=O)=O. The van der Waals surface area contributed by atoms with Crippen molar-refractivity contribution >= 4 is 49.0 Å². The van der Waals surface area contributed by atoms with Gasteiger partial charge in [0.1, 0.15) is 5.82 Å². The number of halogens is 4. The Hall–Kier alpha value is 0.160. The monoisotopic (exact) mass is 362 g/mol. The normalized spacial score (nSPS) is 15.6. The Bertz CT molecular complexity index is 533. The first-order valence-corrected chi connectivity index (χ1v) is 8.18. The molecule has 0 fully saturated rings. The van der Waals surface area contributed by atoms with Gasteiger partial charge in [-0.25, -0.2) is 12.8 Å². The van der Waals surface area contributed by atoms with E-state index in [9.17, 15) is 12.8 Å². The Balaban J connectivity index is 3.22. The molecule has 0 saturated carbocycles. The number of rotatable bonds is 3. The molecule has 1 aromatic carbocycles. The smallest absolute Gasteiger partial charge is 0.151 e. The lowest BCUT2D eigenvalue weighted by atomic mass is 10.1. The zero-order valence-electron chi connectivity index (χ0n) is 9.05. The standard InChI is InChI=1S/C10H10BrCl2FO2S/c1-5(17(2,15)16)10(13)6-3-8(12)7(11)4-9(6)14/h3-5,10H,1-2H3. The minimum absolute atomic E-state index is 0.0813. The minimum atomic E-state index is -3.34. The van der Waals surface area contributed by atoms with Gasteiger partial charge in [0.15, 0.2) is 9.84 Å². The zero-order valence-corrected chi connectivity index (χ0v) is 13.0. The van der Waals surface area contributed by atoms with Crippen LogP contribution >= 0.6 is 39.1 Å². The predicted molar refractivity (Wildman–Crippen MR) is 72.0 cm³/mol. The van der Waals surface area contributed by atoms with Crippen molar-refractivity contribution in [2.24, 2.45) is 0 Å². The summed E-state index contributed by atoms with van der Waals surface area (Å²) in [5.41, 5.74) is 0.0813. The quantitative estimate of drug-likeness (QED) is 0.601. The Morgan fingerprint density at radius 2 is 1.94 bits per heavy atom. The molecule has 0 aliphatic carbocycles. The molecule has 0 spiro atoms. The minimum Gasteiger partial charge on any atom is -0.229 e. The van der Waals surface area contributed by atoms with Gasteiger partial charge in [-0.3, -0.25) is 0 Å². The molecule has 7 heteroatoms. The molecule has 96 valence electrons. The molecule has 1 aromatic rings. The lowest BCUT2D eigenvalue weighted by molar-refractivity contribution is 0.577. The first-order valence-electron chi connectivity index (χ1n) is 4.62. The zero-order chi connectivity index (χ0) is 13.4. The lowest BCUT2D eigenvalue weighted by Gasteiger charge is -2.17. The maximum absolute atomic E-state index is 13.7. The van der Waals surface area contributed by atoms with Crippen LogP contribution in [0, 0.1) is 5.82 Å². The van der Waals surface area contributed by atoms with E-state index in [-0.39, 0.29) is 10.6 Å². The van der Waals surface area contributed by atoms with Crippen LogP contribution in [0.5, 0.6) is 0 Å². The van der Waals surface area contributed by atoms with E-state index >= 15 is 0 Å². The highest BCUT2D eigenvalue weighted by Crippen LogP contribution is 2.34. The van der Waals surface area contributed by atoms with Crippen molar-refractivity contribution in [2.45, 2.75) is 17.6 Å². The van der Waals surface area contributed by atoms with Gasteiger partial charge in [-0.2, -0.15) is 0 Å². The first kappa shape index (κ1) is 15.2. The third kappa shape index (κ3) is 3.56. The van der Waals surface area contributed by atoms with Gasteiger partial charge in [0, 0.05) is 16.3 Å². The van der Waals surface area contributed by atoms with Gasteiger partial charge in [0.25, 0.3) is 0 Å². The summed E-state index contributed by atoms with van der Waals surface area (Å²) in [5, 5.41) is -1.58. The Morgan fingerprint density at radius 3 is 2.41 bits per heavy atom. The molecule has 0 saturated heterocycles. The highest BCUT2D eigenvalue weighted by molar-refractivity contribution is 9.10. The number of alkyl halides is 1. The van der Waals surface area contributed by atoms with Gasteiger partial charge in [-0.15, -0.1) is 11.6 Å². The summed E-state index contributed by atoms with van der Waals surface area (Å²) < 4.78 is 36.8. The Morgan fingerprint density at radius 1 is 1.41 bits per heavy atom. The average Bonchev–Trinajstić information content (AvgIpc) is 2.20. The molecule has 0 aromatic heterocycles. The van der Waals surface area contributed by atoms with Crippen LogP contribution in [0.15, 0.2) is 16.6 Å². The Labute approximate surface area is 118 Å². The highest BCUT2D eigenvalue weighted by atomic mass is 79.9. The summed E-state index contributed by atoms with van der Waals surface area (Å²) in [6.07, 6.45) is 1.06. The molecular formula is C10H10BrCl2FO2S. The van der Waals surface area contributed by atoms with E-state index < -0.39 is 26.3 Å². The van der Waals surface area contributed by atoms with Crippen molar-refractivity contribution < 1.29 is 12.8 Å². The predicted octanol–water partition coefficient (Wildman–Crippen LogP) is 3.95. The summed E-state index contributed by atoms with van der Waals surface area (Å²) in [7, 11) is -3.34. The third-order valence-corrected chi connectivity index (χ3v) is 6.01. The molecule has 0 N–H and O–H groups in total. The Kier molecular flexibility index (Phi) is 4.86. The van der Waals surface area contributed by atoms with Crippen LogP contribution in [0.1, 0.15) is 17.9 Å². The second-order valence-corrected chi connectivity index (χ2v) is 7.86. The van der Waals surface area contributed by atoms with E-state index in [4.69, 9.17) is 23.2 Å². The van der Waals surface area contributed by atoms with E-state index in [1.54, 1.807) is 0 Å². The molecule has 2 nitrogen and oxygen atoms in total. The molecule has 17 heavy (non-hydrogen) atoms. The molecule has 0 aliphatic heterocycles. The molecule has 0 bridgehead atoms. The van der Waals surface area contributed by atoms with Crippen molar-refractivity contribution in [3.63, 3.8) is 0 Å². The molecule has 1 rings (SSSR count). The van der Waals surface area contributed by atoms with Crippen LogP contribution in [0.3, 0.4) is 0 Å². The van der Waals surface area contributed by atoms with Gasteiger partial charge in [0.2, 0.25) is 0 Å². The largest absolute Gasteiger partial charge is 0.229 e. The fourth-order valence-electron chi connectivity index (χ4n) is 1.22. The van der Waals surface area contributed by atoms with Crippen molar-refractivity contribution in [3.8, 4) is 0 Å². The number of benzene rings is 1. The molecule has 0 aliphatic rings. The summed E-state index contributed by atoms with van der Waals surface area (Å²) in [6.45, 7) is 1.43. The number of hydrogen-bond donors (Lipinski definition) is 0. The third-order valence-electron chi connectivity index (χ3n) is 2.42.